The van der Waals surface area contributed by atoms with Crippen molar-refractivity contribution in [1.82, 2.24) is 4.98 Å². The molecule has 4 heteroatoms. The van der Waals surface area contributed by atoms with Crippen LogP contribution in [0.15, 0.2) is 34.8 Å². The lowest BCUT2D eigenvalue weighted by atomic mass is 10.0. The highest BCUT2D eigenvalue weighted by Crippen LogP contribution is 2.27. The molecule has 0 fully saturated rings. The lowest BCUT2D eigenvalue weighted by molar-refractivity contribution is 0.830. The van der Waals surface area contributed by atoms with Gasteiger partial charge in [0.05, 0.1) is 5.69 Å². The van der Waals surface area contributed by atoms with Gasteiger partial charge in [0.15, 0.2) is 0 Å². The number of aromatic nitrogens is 1. The van der Waals surface area contributed by atoms with Crippen LogP contribution in [0.2, 0.25) is 0 Å². The van der Waals surface area contributed by atoms with Gasteiger partial charge in [0.1, 0.15) is 5.82 Å². The maximum Gasteiger partial charge on any atom is 0.130 e. The highest BCUT2D eigenvalue weighted by Gasteiger charge is 2.09. The summed E-state index contributed by atoms with van der Waals surface area (Å²) in [7, 11) is 0. The summed E-state index contributed by atoms with van der Waals surface area (Å²) in [6, 6.07) is 10.4. The number of nitrogens with zero attached hydrogens (tertiary/aromatic N) is 1. The quantitative estimate of drug-likeness (QED) is 0.869. The molecule has 2 aromatic rings. The average Bonchev–Trinajstić information content (AvgIpc) is 2.43. The zero-order chi connectivity index (χ0) is 13.2. The molecule has 0 aliphatic carbocycles. The molecule has 19 heavy (non-hydrogen) atoms. The number of aryl methyl sites for hydroxylation is 2. The molecule has 0 radical (unpaired) electrons. The fourth-order valence-corrected chi connectivity index (χ4v) is 2.54. The number of anilines is 3. The van der Waals surface area contributed by atoms with Crippen LogP contribution in [0.5, 0.6) is 0 Å². The number of hydrogen-bond acceptors (Lipinski definition) is 3. The summed E-state index contributed by atoms with van der Waals surface area (Å²) in [5, 5.41) is 6.78. The average molecular weight is 318 g/mol. The van der Waals surface area contributed by atoms with Crippen LogP contribution in [-0.2, 0) is 6.42 Å². The van der Waals surface area contributed by atoms with Crippen LogP contribution in [0, 0.1) is 6.92 Å². The Morgan fingerprint density at radius 2 is 2.16 bits per heavy atom. The largest absolute Gasteiger partial charge is 0.385 e. The Morgan fingerprint density at radius 3 is 3.00 bits per heavy atom. The minimum Gasteiger partial charge on any atom is -0.385 e. The zero-order valence-electron chi connectivity index (χ0n) is 10.8. The summed E-state index contributed by atoms with van der Waals surface area (Å²) in [6.07, 6.45) is 2.34. The first-order valence-corrected chi connectivity index (χ1v) is 7.29. The number of halogens is 1. The fraction of sp³-hybridized carbons (Fsp3) is 0.267. The van der Waals surface area contributed by atoms with E-state index in [1.165, 1.54) is 17.7 Å². The van der Waals surface area contributed by atoms with Gasteiger partial charge in [0.25, 0.3) is 0 Å². The predicted molar refractivity (Wildman–Crippen MR) is 83.2 cm³/mol. The molecule has 0 saturated carbocycles. The molecule has 3 nitrogen and oxygen atoms in total. The van der Waals surface area contributed by atoms with E-state index in [0.29, 0.717) is 0 Å². The van der Waals surface area contributed by atoms with Gasteiger partial charge in [-0.1, -0.05) is 0 Å². The van der Waals surface area contributed by atoms with Crippen LogP contribution in [0.4, 0.5) is 17.2 Å². The topological polar surface area (TPSA) is 37.0 Å². The van der Waals surface area contributed by atoms with Crippen molar-refractivity contribution < 1.29 is 0 Å². The van der Waals surface area contributed by atoms with E-state index in [2.05, 4.69) is 49.7 Å². The summed E-state index contributed by atoms with van der Waals surface area (Å²) < 4.78 is 1.03. The van der Waals surface area contributed by atoms with Gasteiger partial charge < -0.3 is 10.6 Å². The first-order valence-electron chi connectivity index (χ1n) is 6.49. The third kappa shape index (κ3) is 2.73. The molecule has 0 spiro atoms. The standard InChI is InChI=1S/C15H16BrN3/c1-10-13(16)5-7-15(18-10)19-12-4-6-14-11(9-12)3-2-8-17-14/h4-7,9,17H,2-3,8H2,1H3,(H,18,19). The van der Waals surface area contributed by atoms with Gasteiger partial charge in [-0.3, -0.25) is 0 Å². The smallest absolute Gasteiger partial charge is 0.130 e. The van der Waals surface area contributed by atoms with Gasteiger partial charge in [0.2, 0.25) is 0 Å². The van der Waals surface area contributed by atoms with E-state index in [1.54, 1.807) is 0 Å². The number of nitrogens with one attached hydrogen (secondary N) is 2. The summed E-state index contributed by atoms with van der Waals surface area (Å²) in [5.74, 6) is 0.879. The van der Waals surface area contributed by atoms with E-state index in [4.69, 9.17) is 0 Å². The van der Waals surface area contributed by atoms with Gasteiger partial charge in [0, 0.05) is 22.4 Å². The normalized spacial score (nSPS) is 13.6. The number of hydrogen-bond donors (Lipinski definition) is 2. The minimum atomic E-state index is 0.879. The lowest BCUT2D eigenvalue weighted by Gasteiger charge is -2.19. The maximum absolute atomic E-state index is 4.51. The second-order valence-electron chi connectivity index (χ2n) is 4.79. The zero-order valence-corrected chi connectivity index (χ0v) is 12.4. The number of pyridine rings is 1. The van der Waals surface area contributed by atoms with E-state index >= 15 is 0 Å². The van der Waals surface area contributed by atoms with Crippen molar-refractivity contribution in [2.45, 2.75) is 19.8 Å². The Balaban J connectivity index is 1.84. The highest BCUT2D eigenvalue weighted by atomic mass is 79.9. The van der Waals surface area contributed by atoms with Crippen LogP contribution in [-0.4, -0.2) is 11.5 Å². The Labute approximate surface area is 121 Å². The van der Waals surface area contributed by atoms with Gasteiger partial charge >= 0.3 is 0 Å². The van der Waals surface area contributed by atoms with Crippen LogP contribution in [0.25, 0.3) is 0 Å². The molecule has 1 aliphatic heterocycles. The van der Waals surface area contributed by atoms with Crippen LogP contribution in [0.3, 0.4) is 0 Å². The van der Waals surface area contributed by atoms with Crippen molar-refractivity contribution in [3.05, 3.63) is 46.1 Å². The van der Waals surface area contributed by atoms with Crippen molar-refractivity contribution >= 4 is 33.1 Å². The van der Waals surface area contributed by atoms with Crippen molar-refractivity contribution in [3.63, 3.8) is 0 Å². The summed E-state index contributed by atoms with van der Waals surface area (Å²) in [6.45, 7) is 3.07. The molecule has 2 N–H and O–H groups in total. The maximum atomic E-state index is 4.51. The SMILES string of the molecule is Cc1nc(Nc2ccc3c(c2)CCCN3)ccc1Br. The van der Waals surface area contributed by atoms with Gasteiger partial charge in [-0.25, -0.2) is 4.98 Å². The van der Waals surface area contributed by atoms with Gasteiger partial charge in [-0.2, -0.15) is 0 Å². The molecule has 1 aromatic heterocycles. The molecule has 0 atom stereocenters. The second kappa shape index (κ2) is 5.21. The predicted octanol–water partition coefficient (Wildman–Crippen LogP) is 4.25. The molecule has 0 saturated heterocycles. The van der Waals surface area contributed by atoms with Crippen molar-refractivity contribution in [1.29, 1.82) is 0 Å². The molecule has 0 unspecified atom stereocenters. The highest BCUT2D eigenvalue weighted by molar-refractivity contribution is 9.10. The number of benzene rings is 1. The summed E-state index contributed by atoms with van der Waals surface area (Å²) in [4.78, 5) is 4.51. The Morgan fingerprint density at radius 1 is 1.26 bits per heavy atom. The molecule has 3 rings (SSSR count). The molecule has 1 aromatic carbocycles. The summed E-state index contributed by atoms with van der Waals surface area (Å²) in [5.41, 5.74) is 4.73. The molecule has 0 bridgehead atoms. The Hall–Kier alpha value is -1.55. The Bertz CT molecular complexity index is 610. The van der Waals surface area contributed by atoms with E-state index < -0.39 is 0 Å². The van der Waals surface area contributed by atoms with Gasteiger partial charge in [-0.15, -0.1) is 0 Å². The summed E-state index contributed by atoms with van der Waals surface area (Å²) >= 11 is 3.47. The minimum absolute atomic E-state index is 0.879. The molecule has 0 amide bonds. The third-order valence-corrected chi connectivity index (χ3v) is 4.18. The number of fused-ring (bicyclic) bond motifs is 1. The lowest BCUT2D eigenvalue weighted by Crippen LogP contribution is -2.11. The first-order chi connectivity index (χ1) is 9.22. The van der Waals surface area contributed by atoms with E-state index in [-0.39, 0.29) is 0 Å². The van der Waals surface area contributed by atoms with Crippen molar-refractivity contribution in [2.24, 2.45) is 0 Å². The Kier molecular flexibility index (Phi) is 3.42. The van der Waals surface area contributed by atoms with Gasteiger partial charge in [-0.05, 0) is 71.6 Å². The van der Waals surface area contributed by atoms with Crippen molar-refractivity contribution in [3.8, 4) is 0 Å². The fourth-order valence-electron chi connectivity index (χ4n) is 2.31. The van der Waals surface area contributed by atoms with Crippen LogP contribution < -0.4 is 10.6 Å². The van der Waals surface area contributed by atoms with Crippen LogP contribution >= 0.6 is 15.9 Å². The number of rotatable bonds is 2. The van der Waals surface area contributed by atoms with E-state index in [1.807, 2.05) is 19.1 Å². The third-order valence-electron chi connectivity index (χ3n) is 3.34. The molecule has 98 valence electrons. The molecule has 1 aliphatic rings. The first kappa shape index (κ1) is 12.5. The monoisotopic (exact) mass is 317 g/mol. The molecular formula is C15H16BrN3. The molecule has 2 heterocycles. The van der Waals surface area contributed by atoms with E-state index in [9.17, 15) is 0 Å². The molecular weight excluding hydrogens is 302 g/mol. The van der Waals surface area contributed by atoms with Crippen LogP contribution in [0.1, 0.15) is 17.7 Å². The van der Waals surface area contributed by atoms with Crippen molar-refractivity contribution in [2.75, 3.05) is 17.2 Å². The second-order valence-corrected chi connectivity index (χ2v) is 5.65. The van der Waals surface area contributed by atoms with E-state index in [0.717, 1.165) is 34.6 Å².